The molecule has 0 heterocycles. The Hall–Kier alpha value is -1.32. The minimum absolute atomic E-state index is 0.193. The van der Waals surface area contributed by atoms with E-state index < -0.39 is 11.6 Å². The number of ether oxygens (including phenoxy) is 2. The summed E-state index contributed by atoms with van der Waals surface area (Å²) >= 11 is 0. The van der Waals surface area contributed by atoms with Gasteiger partial charge in [-0.1, -0.05) is 0 Å². The minimum atomic E-state index is -1.02. The molecule has 4 heteroatoms. The van der Waals surface area contributed by atoms with E-state index in [0.29, 0.717) is 6.61 Å². The molecular weight excluding hydrogens is 178 g/mol. The van der Waals surface area contributed by atoms with Crippen LogP contribution in [0.2, 0.25) is 0 Å². The van der Waals surface area contributed by atoms with Gasteiger partial charge in [-0.2, -0.15) is 4.39 Å². The molecule has 0 saturated carbocycles. The smallest absolute Gasteiger partial charge is 0.204 e. The highest BCUT2D eigenvalue weighted by Crippen LogP contribution is 2.31. The third-order valence-corrected chi connectivity index (χ3v) is 1.52. The second-order valence-electron chi connectivity index (χ2n) is 2.33. The predicted octanol–water partition coefficient (Wildman–Crippen LogP) is 2.37. The molecule has 72 valence electrons. The van der Waals surface area contributed by atoms with Gasteiger partial charge in [0.2, 0.25) is 5.82 Å². The molecule has 13 heavy (non-hydrogen) atoms. The molecule has 0 saturated heterocycles. The SMILES string of the molecule is CCOc1ccc(F)c(F)c1OC. The van der Waals surface area contributed by atoms with Gasteiger partial charge in [0.05, 0.1) is 13.7 Å². The summed E-state index contributed by atoms with van der Waals surface area (Å²) in [6.45, 7) is 2.13. The van der Waals surface area contributed by atoms with Gasteiger partial charge in [-0.3, -0.25) is 0 Å². The summed E-state index contributed by atoms with van der Waals surface area (Å²) in [4.78, 5) is 0. The van der Waals surface area contributed by atoms with Crippen molar-refractivity contribution >= 4 is 0 Å². The molecule has 0 aliphatic carbocycles. The quantitative estimate of drug-likeness (QED) is 0.725. The fourth-order valence-electron chi connectivity index (χ4n) is 0.974. The molecule has 0 fully saturated rings. The van der Waals surface area contributed by atoms with Gasteiger partial charge in [0, 0.05) is 0 Å². The van der Waals surface area contributed by atoms with E-state index in [4.69, 9.17) is 4.74 Å². The standard InChI is InChI=1S/C9H10F2O2/c1-3-13-7-5-4-6(10)8(11)9(7)12-2/h4-5H,3H2,1-2H3. The number of hydrogen-bond acceptors (Lipinski definition) is 2. The molecule has 1 rings (SSSR count). The topological polar surface area (TPSA) is 18.5 Å². The van der Waals surface area contributed by atoms with Crippen molar-refractivity contribution in [1.29, 1.82) is 0 Å². The molecule has 0 unspecified atom stereocenters. The monoisotopic (exact) mass is 188 g/mol. The summed E-state index contributed by atoms with van der Waals surface area (Å²) in [5.74, 6) is -1.94. The van der Waals surface area contributed by atoms with E-state index >= 15 is 0 Å². The zero-order chi connectivity index (χ0) is 9.84. The fourth-order valence-corrected chi connectivity index (χ4v) is 0.974. The fraction of sp³-hybridized carbons (Fsp3) is 0.333. The van der Waals surface area contributed by atoms with Crippen LogP contribution in [0.1, 0.15) is 6.92 Å². The zero-order valence-corrected chi connectivity index (χ0v) is 7.43. The molecule has 1 aromatic rings. The first-order valence-corrected chi connectivity index (χ1v) is 3.85. The zero-order valence-electron chi connectivity index (χ0n) is 7.43. The maximum atomic E-state index is 13.0. The van der Waals surface area contributed by atoms with Crippen molar-refractivity contribution < 1.29 is 18.3 Å². The van der Waals surface area contributed by atoms with E-state index in [1.807, 2.05) is 0 Å². The van der Waals surface area contributed by atoms with Crippen LogP contribution in [0.25, 0.3) is 0 Å². The highest BCUT2D eigenvalue weighted by atomic mass is 19.2. The summed E-state index contributed by atoms with van der Waals surface area (Å²) < 4.78 is 35.4. The van der Waals surface area contributed by atoms with Crippen molar-refractivity contribution in [2.24, 2.45) is 0 Å². The van der Waals surface area contributed by atoms with Gasteiger partial charge in [-0.15, -0.1) is 0 Å². The number of benzene rings is 1. The van der Waals surface area contributed by atoms with Crippen molar-refractivity contribution in [1.82, 2.24) is 0 Å². The third-order valence-electron chi connectivity index (χ3n) is 1.52. The van der Waals surface area contributed by atoms with Gasteiger partial charge in [-0.05, 0) is 19.1 Å². The molecule has 0 spiro atoms. The lowest BCUT2D eigenvalue weighted by Gasteiger charge is -2.09. The van der Waals surface area contributed by atoms with Crippen molar-refractivity contribution in [3.05, 3.63) is 23.8 Å². The maximum absolute atomic E-state index is 13.0. The van der Waals surface area contributed by atoms with E-state index in [9.17, 15) is 8.78 Å². The minimum Gasteiger partial charge on any atom is -0.490 e. The molecule has 0 aromatic heterocycles. The Bertz CT molecular complexity index is 300. The molecule has 0 aliphatic heterocycles. The molecule has 0 radical (unpaired) electrons. The van der Waals surface area contributed by atoms with Crippen molar-refractivity contribution in [2.45, 2.75) is 6.92 Å². The van der Waals surface area contributed by atoms with Crippen LogP contribution in [-0.4, -0.2) is 13.7 Å². The average Bonchev–Trinajstić information content (AvgIpc) is 2.12. The lowest BCUT2D eigenvalue weighted by Crippen LogP contribution is -1.99. The van der Waals surface area contributed by atoms with Gasteiger partial charge in [0.1, 0.15) is 0 Å². The van der Waals surface area contributed by atoms with E-state index in [1.165, 1.54) is 13.2 Å². The van der Waals surface area contributed by atoms with Crippen LogP contribution in [-0.2, 0) is 0 Å². The van der Waals surface area contributed by atoms with Crippen LogP contribution >= 0.6 is 0 Å². The van der Waals surface area contributed by atoms with Crippen LogP contribution < -0.4 is 9.47 Å². The Morgan fingerprint density at radius 1 is 1.31 bits per heavy atom. The second kappa shape index (κ2) is 4.07. The molecule has 0 bridgehead atoms. The highest BCUT2D eigenvalue weighted by molar-refractivity contribution is 5.41. The summed E-state index contributed by atoms with van der Waals surface area (Å²) in [6.07, 6.45) is 0. The van der Waals surface area contributed by atoms with Crippen LogP contribution in [0.3, 0.4) is 0 Å². The molecule has 0 atom stereocenters. The van der Waals surface area contributed by atoms with Gasteiger partial charge < -0.3 is 9.47 Å². The maximum Gasteiger partial charge on any atom is 0.204 e. The Kier molecular flexibility index (Phi) is 3.06. The Morgan fingerprint density at radius 3 is 2.54 bits per heavy atom. The van der Waals surface area contributed by atoms with Gasteiger partial charge in [0.15, 0.2) is 17.3 Å². The van der Waals surface area contributed by atoms with Gasteiger partial charge in [-0.25, -0.2) is 4.39 Å². The van der Waals surface area contributed by atoms with E-state index in [1.54, 1.807) is 6.92 Å². The van der Waals surface area contributed by atoms with Crippen LogP contribution in [0.4, 0.5) is 8.78 Å². The van der Waals surface area contributed by atoms with E-state index in [-0.39, 0.29) is 11.5 Å². The number of rotatable bonds is 3. The second-order valence-corrected chi connectivity index (χ2v) is 2.33. The molecule has 0 aliphatic rings. The highest BCUT2D eigenvalue weighted by Gasteiger charge is 2.14. The summed E-state index contributed by atoms with van der Waals surface area (Å²) in [6, 6.07) is 2.34. The number of hydrogen-bond donors (Lipinski definition) is 0. The summed E-state index contributed by atoms with van der Waals surface area (Å²) in [5, 5.41) is 0. The largest absolute Gasteiger partial charge is 0.490 e. The average molecular weight is 188 g/mol. The summed E-state index contributed by atoms with van der Waals surface area (Å²) in [5.41, 5.74) is 0. The normalized spacial score (nSPS) is 9.85. The Labute approximate surface area is 75.1 Å². The van der Waals surface area contributed by atoms with Crippen LogP contribution in [0, 0.1) is 11.6 Å². The first kappa shape index (κ1) is 9.77. The van der Waals surface area contributed by atoms with Crippen molar-refractivity contribution in [2.75, 3.05) is 13.7 Å². The Morgan fingerprint density at radius 2 is 2.00 bits per heavy atom. The third kappa shape index (κ3) is 1.88. The molecule has 1 aromatic carbocycles. The molecule has 0 N–H and O–H groups in total. The van der Waals surface area contributed by atoms with Crippen LogP contribution in [0.15, 0.2) is 12.1 Å². The molecular formula is C9H10F2O2. The lowest BCUT2D eigenvalue weighted by atomic mass is 10.3. The lowest BCUT2D eigenvalue weighted by molar-refractivity contribution is 0.296. The molecule has 2 nitrogen and oxygen atoms in total. The first-order chi connectivity index (χ1) is 6.20. The Balaban J connectivity index is 3.13. The van der Waals surface area contributed by atoms with Crippen LogP contribution in [0.5, 0.6) is 11.5 Å². The van der Waals surface area contributed by atoms with Gasteiger partial charge in [0.25, 0.3) is 0 Å². The number of methoxy groups -OCH3 is 1. The van der Waals surface area contributed by atoms with Crippen molar-refractivity contribution in [3.63, 3.8) is 0 Å². The number of halogens is 2. The molecule has 0 amide bonds. The predicted molar refractivity (Wildman–Crippen MR) is 44.1 cm³/mol. The summed E-state index contributed by atoms with van der Waals surface area (Å²) in [7, 11) is 1.26. The van der Waals surface area contributed by atoms with E-state index in [0.717, 1.165) is 6.07 Å². The van der Waals surface area contributed by atoms with E-state index in [2.05, 4.69) is 4.74 Å². The van der Waals surface area contributed by atoms with Crippen molar-refractivity contribution in [3.8, 4) is 11.5 Å². The first-order valence-electron chi connectivity index (χ1n) is 3.85. The van der Waals surface area contributed by atoms with Gasteiger partial charge >= 0.3 is 0 Å².